The van der Waals surface area contributed by atoms with Crippen molar-refractivity contribution < 1.29 is 4.79 Å². The number of thioether (sulfide) groups is 1. The second-order valence-electron chi connectivity index (χ2n) is 6.33. The van der Waals surface area contributed by atoms with E-state index in [2.05, 4.69) is 28.2 Å². The number of hydrazone groups is 1. The van der Waals surface area contributed by atoms with E-state index in [9.17, 15) is 4.79 Å². The number of nitrogens with zero attached hydrogens (tertiary/aromatic N) is 3. The minimum atomic E-state index is -0.375. The molecule has 2 aliphatic heterocycles. The van der Waals surface area contributed by atoms with Crippen molar-refractivity contribution in [2.24, 2.45) is 10.1 Å². The van der Waals surface area contributed by atoms with E-state index in [1.54, 1.807) is 16.8 Å². The summed E-state index contributed by atoms with van der Waals surface area (Å²) in [6.45, 7) is 2.15. The number of carbonyl (C=O) groups is 1. The number of unbranched alkanes of at least 4 members (excludes halogenated alkanes) is 1. The van der Waals surface area contributed by atoms with Crippen molar-refractivity contribution >= 4 is 44.5 Å². The number of rotatable bonds is 4. The first-order valence-electron chi connectivity index (χ1n) is 8.92. The Morgan fingerprint density at radius 2 is 2.07 bits per heavy atom. The highest BCUT2D eigenvalue weighted by Gasteiger charge is 2.34. The Kier molecular flexibility index (Phi) is 5.31. The number of hydrogen-bond donors (Lipinski definition) is 1. The molecule has 0 bridgehead atoms. The van der Waals surface area contributed by atoms with E-state index < -0.39 is 0 Å². The third-order valence-electron chi connectivity index (χ3n) is 4.40. The predicted molar refractivity (Wildman–Crippen MR) is 112 cm³/mol. The Labute approximate surface area is 170 Å². The maximum absolute atomic E-state index is 12.9. The lowest BCUT2D eigenvalue weighted by Gasteiger charge is -2.34. The molecule has 0 radical (unpaired) electrons. The van der Waals surface area contributed by atoms with Crippen LogP contribution in [0.1, 0.15) is 31.5 Å². The number of fused-ring (bicyclic) bond motifs is 2. The van der Waals surface area contributed by atoms with Gasteiger partial charge < -0.3 is 0 Å². The molecule has 4 rings (SSSR count). The minimum absolute atomic E-state index is 0.133. The molecular weight excluding hydrogens is 424 g/mol. The number of hydrogen-bond acceptors (Lipinski definition) is 5. The molecule has 2 aromatic rings. The smallest absolute Gasteiger partial charge is 0.276 e. The molecule has 2 aliphatic rings. The third kappa shape index (κ3) is 3.66. The highest BCUT2D eigenvalue weighted by molar-refractivity contribution is 9.10. The quantitative estimate of drug-likeness (QED) is 0.739. The summed E-state index contributed by atoms with van der Waals surface area (Å²) in [5.41, 5.74) is 1.53. The largest absolute Gasteiger partial charge is 0.298 e. The standard InChI is InChI=1S/C20H19BrN4OS/c1-2-3-11-27-20-23-19(26)17-15-9-4-5-10-16(15)22-18(25(17)24-20)13-7-6-8-14(21)12-13/h4-10,12,18H,2-3,11H2,1H3,(H,23,24,26). The van der Waals surface area contributed by atoms with E-state index >= 15 is 0 Å². The summed E-state index contributed by atoms with van der Waals surface area (Å²) in [5.74, 6) is 0.792. The summed E-state index contributed by atoms with van der Waals surface area (Å²) in [7, 11) is 0. The van der Waals surface area contributed by atoms with Crippen LogP contribution >= 0.6 is 27.7 Å². The van der Waals surface area contributed by atoms with Gasteiger partial charge in [-0.25, -0.2) is 5.01 Å². The van der Waals surface area contributed by atoms with E-state index in [0.717, 1.165) is 39.2 Å². The van der Waals surface area contributed by atoms with Crippen LogP contribution in [0.4, 0.5) is 0 Å². The van der Waals surface area contributed by atoms with Crippen molar-refractivity contribution in [2.75, 3.05) is 5.75 Å². The molecule has 138 valence electrons. The summed E-state index contributed by atoms with van der Waals surface area (Å²) in [6.07, 6.45) is 1.82. The topological polar surface area (TPSA) is 57.1 Å². The molecule has 0 aliphatic carbocycles. The fourth-order valence-electron chi connectivity index (χ4n) is 3.09. The lowest BCUT2D eigenvalue weighted by atomic mass is 10.1. The Morgan fingerprint density at radius 3 is 2.89 bits per heavy atom. The van der Waals surface area contributed by atoms with Gasteiger partial charge in [-0.2, -0.15) is 0 Å². The van der Waals surface area contributed by atoms with Crippen LogP contribution in [0.2, 0.25) is 0 Å². The average molecular weight is 443 g/mol. The van der Waals surface area contributed by atoms with Gasteiger partial charge in [0.15, 0.2) is 11.3 Å². The van der Waals surface area contributed by atoms with Gasteiger partial charge in [0.05, 0.1) is 5.36 Å². The predicted octanol–water partition coefficient (Wildman–Crippen LogP) is 3.13. The first-order chi connectivity index (χ1) is 13.2. The molecule has 0 spiro atoms. The fourth-order valence-corrected chi connectivity index (χ4v) is 4.44. The van der Waals surface area contributed by atoms with Crippen molar-refractivity contribution in [3.05, 3.63) is 69.1 Å². The van der Waals surface area contributed by atoms with Gasteiger partial charge in [0.1, 0.15) is 5.70 Å². The molecule has 1 amide bonds. The van der Waals surface area contributed by atoms with Crippen LogP contribution in [0.3, 0.4) is 0 Å². The monoisotopic (exact) mass is 442 g/mol. The number of benzene rings is 2. The summed E-state index contributed by atoms with van der Waals surface area (Å²) in [5, 5.41) is 11.7. The molecule has 2 heterocycles. The highest BCUT2D eigenvalue weighted by atomic mass is 79.9. The van der Waals surface area contributed by atoms with Crippen LogP contribution in [0.25, 0.3) is 5.70 Å². The van der Waals surface area contributed by atoms with Gasteiger partial charge >= 0.3 is 0 Å². The van der Waals surface area contributed by atoms with Crippen LogP contribution in [-0.4, -0.2) is 21.8 Å². The van der Waals surface area contributed by atoms with Gasteiger partial charge in [-0.3, -0.25) is 15.1 Å². The molecule has 1 unspecified atom stereocenters. The van der Waals surface area contributed by atoms with Crippen LogP contribution in [-0.2, 0) is 4.79 Å². The molecule has 2 aromatic carbocycles. The number of para-hydroxylation sites is 1. The highest BCUT2D eigenvalue weighted by Crippen LogP contribution is 2.31. The minimum Gasteiger partial charge on any atom is -0.298 e. The van der Waals surface area contributed by atoms with Gasteiger partial charge in [-0.05, 0) is 30.2 Å². The zero-order valence-electron chi connectivity index (χ0n) is 14.9. The van der Waals surface area contributed by atoms with E-state index in [1.165, 1.54) is 0 Å². The SMILES string of the molecule is CCCCSC1=NN2C(=c3ccccc3=NC2c2cccc(Br)c2)C(=O)N1. The third-order valence-corrected chi connectivity index (χ3v) is 5.84. The van der Waals surface area contributed by atoms with E-state index in [0.29, 0.717) is 10.9 Å². The second-order valence-corrected chi connectivity index (χ2v) is 8.33. The number of nitrogens with one attached hydrogen (secondary N) is 1. The zero-order chi connectivity index (χ0) is 18.8. The zero-order valence-corrected chi connectivity index (χ0v) is 17.3. The molecule has 1 atom stereocenters. The van der Waals surface area contributed by atoms with Crippen LogP contribution < -0.4 is 15.9 Å². The Bertz CT molecular complexity index is 1040. The normalized spacial score (nSPS) is 18.2. The average Bonchev–Trinajstić information content (AvgIpc) is 2.67. The second kappa shape index (κ2) is 7.86. The number of halogens is 1. The van der Waals surface area contributed by atoms with Gasteiger partial charge in [-0.15, -0.1) is 5.10 Å². The van der Waals surface area contributed by atoms with Crippen molar-refractivity contribution in [1.29, 1.82) is 0 Å². The first-order valence-corrected chi connectivity index (χ1v) is 10.7. The van der Waals surface area contributed by atoms with Crippen LogP contribution in [0.15, 0.2) is 63.1 Å². The van der Waals surface area contributed by atoms with Gasteiger partial charge in [-0.1, -0.05) is 71.4 Å². The van der Waals surface area contributed by atoms with Crippen molar-refractivity contribution in [1.82, 2.24) is 10.3 Å². The molecule has 0 aromatic heterocycles. The number of amidine groups is 1. The van der Waals surface area contributed by atoms with Gasteiger partial charge in [0.2, 0.25) is 0 Å². The first kappa shape index (κ1) is 18.3. The molecular formula is C20H19BrN4OS. The van der Waals surface area contributed by atoms with Gasteiger partial charge in [0, 0.05) is 15.4 Å². The van der Waals surface area contributed by atoms with Crippen LogP contribution in [0, 0.1) is 0 Å². The molecule has 27 heavy (non-hydrogen) atoms. The lowest BCUT2D eigenvalue weighted by molar-refractivity contribution is -0.116. The maximum Gasteiger partial charge on any atom is 0.276 e. The number of carbonyl (C=O) groups excluding carboxylic acids is 1. The summed E-state index contributed by atoms with van der Waals surface area (Å²) in [4.78, 5) is 17.8. The molecule has 0 saturated carbocycles. The molecule has 0 fully saturated rings. The van der Waals surface area contributed by atoms with Crippen molar-refractivity contribution in [3.8, 4) is 0 Å². The number of amides is 1. The fraction of sp³-hybridized carbons (Fsp3) is 0.250. The molecule has 5 nitrogen and oxygen atoms in total. The van der Waals surface area contributed by atoms with E-state index in [-0.39, 0.29) is 12.1 Å². The lowest BCUT2D eigenvalue weighted by Crippen LogP contribution is -2.50. The Hall–Kier alpha value is -2.12. The maximum atomic E-state index is 12.9. The van der Waals surface area contributed by atoms with E-state index in [1.807, 2.05) is 48.5 Å². The Morgan fingerprint density at radius 1 is 1.22 bits per heavy atom. The van der Waals surface area contributed by atoms with Crippen molar-refractivity contribution in [2.45, 2.75) is 25.9 Å². The van der Waals surface area contributed by atoms with Gasteiger partial charge in [0.25, 0.3) is 5.91 Å². The Balaban J connectivity index is 1.84. The van der Waals surface area contributed by atoms with Crippen LogP contribution in [0.5, 0.6) is 0 Å². The summed E-state index contributed by atoms with van der Waals surface area (Å²) >= 11 is 5.10. The van der Waals surface area contributed by atoms with Crippen molar-refractivity contribution in [3.63, 3.8) is 0 Å². The summed E-state index contributed by atoms with van der Waals surface area (Å²) < 4.78 is 0.971. The summed E-state index contributed by atoms with van der Waals surface area (Å²) in [6, 6.07) is 15.7. The molecule has 0 saturated heterocycles. The van der Waals surface area contributed by atoms with E-state index in [4.69, 9.17) is 10.1 Å². The molecule has 7 heteroatoms. The molecule has 1 N–H and O–H groups in total.